The van der Waals surface area contributed by atoms with Crippen LogP contribution in [0.4, 0.5) is 0 Å². The van der Waals surface area contributed by atoms with Crippen LogP contribution < -0.4 is 10.5 Å². The summed E-state index contributed by atoms with van der Waals surface area (Å²) in [6.45, 7) is 3.32. The SMILES string of the molecule is COCCN1CCC(C(N)=O)(S(=O)c2ccc(OCCCc3cncc(-c4ccccc4)c3)cc2)CC1. The van der Waals surface area contributed by atoms with Crippen LogP contribution in [-0.2, 0) is 26.8 Å². The van der Waals surface area contributed by atoms with Crippen molar-refractivity contribution < 1.29 is 18.5 Å². The molecule has 1 unspecified atom stereocenters. The Bertz CT molecular complexity index is 1180. The van der Waals surface area contributed by atoms with Gasteiger partial charge in [-0.05, 0) is 67.1 Å². The molecule has 2 N–H and O–H groups in total. The third-order valence-electron chi connectivity index (χ3n) is 6.90. The molecule has 8 heteroatoms. The van der Waals surface area contributed by atoms with E-state index in [2.05, 4.69) is 28.1 Å². The molecule has 4 rings (SSSR count). The van der Waals surface area contributed by atoms with E-state index in [4.69, 9.17) is 15.2 Å². The van der Waals surface area contributed by atoms with E-state index in [-0.39, 0.29) is 0 Å². The first-order valence-corrected chi connectivity index (χ1v) is 13.8. The molecule has 1 aromatic heterocycles. The lowest BCUT2D eigenvalue weighted by Crippen LogP contribution is -2.55. The van der Waals surface area contributed by atoms with Crippen LogP contribution in [0.1, 0.15) is 24.8 Å². The van der Waals surface area contributed by atoms with Gasteiger partial charge in [-0.15, -0.1) is 0 Å². The van der Waals surface area contributed by atoms with E-state index in [0.29, 0.717) is 49.8 Å². The lowest BCUT2D eigenvalue weighted by Gasteiger charge is -2.38. The fourth-order valence-electron chi connectivity index (χ4n) is 4.65. The predicted octanol–water partition coefficient (Wildman–Crippen LogP) is 3.83. The Labute approximate surface area is 221 Å². The maximum atomic E-state index is 13.5. The molecule has 0 aliphatic carbocycles. The van der Waals surface area contributed by atoms with E-state index in [1.54, 1.807) is 19.2 Å². The van der Waals surface area contributed by atoms with Crippen LogP contribution in [-0.4, -0.2) is 64.7 Å². The zero-order valence-electron chi connectivity index (χ0n) is 21.3. The topological polar surface area (TPSA) is 94.8 Å². The highest BCUT2D eigenvalue weighted by Gasteiger charge is 2.46. The van der Waals surface area contributed by atoms with E-state index >= 15 is 0 Å². The maximum absolute atomic E-state index is 13.5. The number of piperidine rings is 1. The van der Waals surface area contributed by atoms with Gasteiger partial charge in [0.15, 0.2) is 0 Å². The normalized spacial score (nSPS) is 16.2. The number of nitrogens with zero attached hydrogens (tertiary/aromatic N) is 2. The minimum Gasteiger partial charge on any atom is -0.494 e. The molecule has 0 radical (unpaired) electrons. The summed E-state index contributed by atoms with van der Waals surface area (Å²) in [6, 6.07) is 19.6. The van der Waals surface area contributed by atoms with Crippen molar-refractivity contribution in [3.63, 3.8) is 0 Å². The smallest absolute Gasteiger partial charge is 0.236 e. The summed E-state index contributed by atoms with van der Waals surface area (Å²) in [6.07, 6.45) is 6.42. The summed E-state index contributed by atoms with van der Waals surface area (Å²) < 4.78 is 23.5. The first-order chi connectivity index (χ1) is 18.0. The molecule has 2 heterocycles. The van der Waals surface area contributed by atoms with Gasteiger partial charge >= 0.3 is 0 Å². The number of methoxy groups -OCH3 is 1. The number of likely N-dealkylation sites (tertiary alicyclic amines) is 1. The molecule has 1 atom stereocenters. The Kier molecular flexibility index (Phi) is 9.44. The second-order valence-electron chi connectivity index (χ2n) is 9.33. The summed E-state index contributed by atoms with van der Waals surface area (Å²) >= 11 is 0. The first kappa shape index (κ1) is 27.0. The quantitative estimate of drug-likeness (QED) is 0.364. The molecule has 37 heavy (non-hydrogen) atoms. The Morgan fingerprint density at radius 2 is 1.76 bits per heavy atom. The van der Waals surface area contributed by atoms with E-state index in [0.717, 1.165) is 30.5 Å². The van der Waals surface area contributed by atoms with Gasteiger partial charge in [0.2, 0.25) is 5.91 Å². The Hall–Kier alpha value is -3.07. The number of aromatic nitrogens is 1. The number of aryl methyl sites for hydroxylation is 1. The largest absolute Gasteiger partial charge is 0.494 e. The van der Waals surface area contributed by atoms with Crippen molar-refractivity contribution >= 4 is 16.7 Å². The van der Waals surface area contributed by atoms with Crippen molar-refractivity contribution in [1.82, 2.24) is 9.88 Å². The third-order valence-corrected chi connectivity index (χ3v) is 8.92. The van der Waals surface area contributed by atoms with Crippen molar-refractivity contribution in [2.45, 2.75) is 35.3 Å². The van der Waals surface area contributed by atoms with Crippen LogP contribution in [0.15, 0.2) is 78.0 Å². The minimum atomic E-state index is -1.53. The summed E-state index contributed by atoms with van der Waals surface area (Å²) in [5, 5.41) is 0. The molecule has 1 aliphatic rings. The van der Waals surface area contributed by atoms with E-state index in [9.17, 15) is 9.00 Å². The molecule has 0 saturated carbocycles. The number of rotatable bonds is 12. The van der Waals surface area contributed by atoms with Gasteiger partial charge in [-0.3, -0.25) is 14.0 Å². The number of amides is 1. The zero-order chi connectivity index (χ0) is 26.1. The number of nitrogens with two attached hydrogens (primary N) is 1. The van der Waals surface area contributed by atoms with Crippen LogP contribution in [0, 0.1) is 0 Å². The monoisotopic (exact) mass is 521 g/mol. The summed E-state index contributed by atoms with van der Waals surface area (Å²) in [4.78, 5) is 19.6. The Balaban J connectivity index is 1.29. The number of benzene rings is 2. The van der Waals surface area contributed by atoms with Crippen molar-refractivity contribution in [2.75, 3.05) is 40.0 Å². The molecule has 1 amide bonds. The van der Waals surface area contributed by atoms with E-state index < -0.39 is 21.5 Å². The minimum absolute atomic E-state index is 0.469. The van der Waals surface area contributed by atoms with Crippen LogP contribution in [0.5, 0.6) is 5.75 Å². The highest BCUT2D eigenvalue weighted by molar-refractivity contribution is 7.87. The Morgan fingerprint density at radius 3 is 2.43 bits per heavy atom. The van der Waals surface area contributed by atoms with Gasteiger partial charge in [0.25, 0.3) is 0 Å². The molecular formula is C29H35N3O4S. The number of ether oxygens (including phenoxy) is 2. The van der Waals surface area contributed by atoms with Crippen molar-refractivity contribution in [3.05, 3.63) is 78.6 Å². The average Bonchev–Trinajstić information content (AvgIpc) is 2.95. The van der Waals surface area contributed by atoms with Crippen LogP contribution in [0.3, 0.4) is 0 Å². The van der Waals surface area contributed by atoms with Gasteiger partial charge in [0, 0.05) is 49.6 Å². The lowest BCUT2D eigenvalue weighted by molar-refractivity contribution is -0.121. The molecule has 2 aromatic carbocycles. The van der Waals surface area contributed by atoms with Crippen LogP contribution in [0.2, 0.25) is 0 Å². The summed E-state index contributed by atoms with van der Waals surface area (Å²) in [7, 11) is 0.136. The molecule has 0 bridgehead atoms. The van der Waals surface area contributed by atoms with Crippen molar-refractivity contribution in [2.24, 2.45) is 5.73 Å². The molecule has 1 saturated heterocycles. The molecule has 7 nitrogen and oxygen atoms in total. The summed E-state index contributed by atoms with van der Waals surface area (Å²) in [5.74, 6) is 0.211. The highest BCUT2D eigenvalue weighted by Crippen LogP contribution is 2.33. The molecule has 0 spiro atoms. The number of primary amides is 1. The molecule has 196 valence electrons. The van der Waals surface area contributed by atoms with Crippen LogP contribution >= 0.6 is 0 Å². The van der Waals surface area contributed by atoms with Crippen LogP contribution in [0.25, 0.3) is 11.1 Å². The molecular weight excluding hydrogens is 486 g/mol. The molecule has 1 aliphatic heterocycles. The number of carbonyl (C=O) groups is 1. The average molecular weight is 522 g/mol. The maximum Gasteiger partial charge on any atom is 0.236 e. The second-order valence-corrected chi connectivity index (χ2v) is 11.1. The fraction of sp³-hybridized carbons (Fsp3) is 0.379. The molecule has 3 aromatic rings. The lowest BCUT2D eigenvalue weighted by atomic mass is 9.95. The van der Waals surface area contributed by atoms with E-state index in [1.165, 1.54) is 5.56 Å². The van der Waals surface area contributed by atoms with Gasteiger partial charge in [-0.2, -0.15) is 0 Å². The Morgan fingerprint density at radius 1 is 1.03 bits per heavy atom. The number of hydrogen-bond acceptors (Lipinski definition) is 6. The predicted molar refractivity (Wildman–Crippen MR) is 146 cm³/mol. The van der Waals surface area contributed by atoms with Gasteiger partial charge in [-0.25, -0.2) is 0 Å². The zero-order valence-corrected chi connectivity index (χ0v) is 22.1. The van der Waals surface area contributed by atoms with Gasteiger partial charge < -0.3 is 20.1 Å². The second kappa shape index (κ2) is 12.9. The fourth-order valence-corrected chi connectivity index (χ4v) is 6.22. The summed E-state index contributed by atoms with van der Waals surface area (Å²) in [5.41, 5.74) is 9.21. The van der Waals surface area contributed by atoms with Crippen molar-refractivity contribution in [1.29, 1.82) is 0 Å². The first-order valence-electron chi connectivity index (χ1n) is 12.7. The van der Waals surface area contributed by atoms with Gasteiger partial charge in [0.05, 0.1) is 24.0 Å². The highest BCUT2D eigenvalue weighted by atomic mass is 32.2. The van der Waals surface area contributed by atoms with Crippen molar-refractivity contribution in [3.8, 4) is 16.9 Å². The van der Waals surface area contributed by atoms with Gasteiger partial charge in [0.1, 0.15) is 10.5 Å². The van der Waals surface area contributed by atoms with E-state index in [1.807, 2.05) is 42.7 Å². The number of pyridine rings is 1. The number of hydrogen-bond donors (Lipinski definition) is 1. The standard InChI is InChI=1S/C29H35N3O4S/c1-35-19-17-32-15-13-29(14-16-32,28(30)33)37(34)27-11-9-26(10-12-27)36-18-5-6-23-20-25(22-31-21-23)24-7-3-2-4-8-24/h2-4,7-12,20-22H,5-6,13-19H2,1H3,(H2,30,33). The third kappa shape index (κ3) is 6.83. The molecule has 1 fully saturated rings. The number of carbonyl (C=O) groups excluding carboxylic acids is 1. The van der Waals surface area contributed by atoms with Gasteiger partial charge in [-0.1, -0.05) is 30.3 Å².